The predicted molar refractivity (Wildman–Crippen MR) is 96.9 cm³/mol. The molecular weight excluding hydrogens is 335 g/mol. The summed E-state index contributed by atoms with van der Waals surface area (Å²) in [6, 6.07) is 6.45. The van der Waals surface area contributed by atoms with Gasteiger partial charge in [-0.3, -0.25) is 0 Å². The lowest BCUT2D eigenvalue weighted by Gasteiger charge is -2.22. The van der Waals surface area contributed by atoms with Crippen LogP contribution in [-0.4, -0.2) is 29.7 Å². The van der Waals surface area contributed by atoms with Gasteiger partial charge in [-0.05, 0) is 29.7 Å². The molecule has 1 aliphatic heterocycles. The molecule has 6 heteroatoms. The minimum Gasteiger partial charge on any atom is -0.618 e. The van der Waals surface area contributed by atoms with Crippen molar-refractivity contribution < 1.29 is 18.6 Å². The van der Waals surface area contributed by atoms with E-state index >= 15 is 0 Å². The Bertz CT molecular complexity index is 939. The SMILES string of the molecule is COc1cn2c(c1OC)C=[N+]([O-])C1=CC=C(c3ccc(F)cc3)C[C@H]1C2. The van der Waals surface area contributed by atoms with Gasteiger partial charge in [0.05, 0.1) is 26.3 Å². The van der Waals surface area contributed by atoms with E-state index in [4.69, 9.17) is 9.47 Å². The average molecular weight is 354 g/mol. The molecule has 0 unspecified atom stereocenters. The molecule has 0 saturated heterocycles. The summed E-state index contributed by atoms with van der Waals surface area (Å²) in [6.45, 7) is 0.634. The third-order valence-corrected chi connectivity index (χ3v) is 4.93. The highest BCUT2D eigenvalue weighted by Crippen LogP contribution is 2.38. The van der Waals surface area contributed by atoms with Crippen molar-refractivity contribution >= 4 is 11.8 Å². The number of benzene rings is 1. The quantitative estimate of drug-likeness (QED) is 0.625. The number of hydrogen-bond donors (Lipinski definition) is 0. The van der Waals surface area contributed by atoms with Gasteiger partial charge in [0.25, 0.3) is 0 Å². The van der Waals surface area contributed by atoms with Crippen LogP contribution in [-0.2, 0) is 6.54 Å². The Kier molecular flexibility index (Phi) is 4.03. The average Bonchev–Trinajstić information content (AvgIpc) is 2.91. The van der Waals surface area contributed by atoms with Gasteiger partial charge in [0, 0.05) is 12.6 Å². The number of allylic oxidation sites excluding steroid dienone is 4. The zero-order valence-electron chi connectivity index (χ0n) is 14.6. The van der Waals surface area contributed by atoms with Gasteiger partial charge < -0.3 is 19.2 Å². The minimum atomic E-state index is -0.257. The van der Waals surface area contributed by atoms with Crippen molar-refractivity contribution in [3.8, 4) is 11.5 Å². The topological polar surface area (TPSA) is 49.5 Å². The Labute approximate surface area is 150 Å². The van der Waals surface area contributed by atoms with E-state index in [0.29, 0.717) is 35.9 Å². The van der Waals surface area contributed by atoms with Gasteiger partial charge in [-0.1, -0.05) is 18.2 Å². The predicted octanol–water partition coefficient (Wildman–Crippen LogP) is 3.57. The molecule has 1 aromatic heterocycles. The maximum atomic E-state index is 13.2. The lowest BCUT2D eigenvalue weighted by atomic mass is 9.87. The highest BCUT2D eigenvalue weighted by atomic mass is 19.1. The molecule has 0 bridgehead atoms. The number of halogens is 1. The van der Waals surface area contributed by atoms with E-state index in [1.54, 1.807) is 26.4 Å². The Hall–Kier alpha value is -3.02. The molecule has 4 rings (SSSR count). The van der Waals surface area contributed by atoms with Crippen LogP contribution >= 0.6 is 0 Å². The maximum Gasteiger partial charge on any atom is 0.208 e. The van der Waals surface area contributed by atoms with Gasteiger partial charge in [0.1, 0.15) is 5.82 Å². The molecule has 134 valence electrons. The van der Waals surface area contributed by atoms with E-state index in [1.807, 2.05) is 22.9 Å². The van der Waals surface area contributed by atoms with Crippen molar-refractivity contribution in [2.24, 2.45) is 5.92 Å². The first kappa shape index (κ1) is 16.4. The van der Waals surface area contributed by atoms with E-state index in [2.05, 4.69) is 0 Å². The van der Waals surface area contributed by atoms with Crippen LogP contribution in [0, 0.1) is 16.9 Å². The smallest absolute Gasteiger partial charge is 0.208 e. The third-order valence-electron chi connectivity index (χ3n) is 4.93. The molecule has 5 nitrogen and oxygen atoms in total. The number of methoxy groups -OCH3 is 2. The van der Waals surface area contributed by atoms with Crippen LogP contribution in [0.4, 0.5) is 4.39 Å². The van der Waals surface area contributed by atoms with Gasteiger partial charge in [0.15, 0.2) is 22.9 Å². The molecule has 0 saturated carbocycles. The number of nitrogens with zero attached hydrogens (tertiary/aromatic N) is 2. The van der Waals surface area contributed by atoms with Gasteiger partial charge in [-0.15, -0.1) is 0 Å². The van der Waals surface area contributed by atoms with Crippen LogP contribution in [0.2, 0.25) is 0 Å². The zero-order valence-corrected chi connectivity index (χ0v) is 14.6. The second-order valence-corrected chi connectivity index (χ2v) is 6.41. The van der Waals surface area contributed by atoms with Crippen LogP contribution in [0.1, 0.15) is 17.7 Å². The first-order valence-corrected chi connectivity index (χ1v) is 8.39. The van der Waals surface area contributed by atoms with E-state index in [0.717, 1.165) is 15.9 Å². The fraction of sp³-hybridized carbons (Fsp3) is 0.250. The van der Waals surface area contributed by atoms with E-state index in [9.17, 15) is 9.60 Å². The lowest BCUT2D eigenvalue weighted by Crippen LogP contribution is -2.18. The molecule has 1 aromatic carbocycles. The normalized spacial score (nSPS) is 18.7. The molecule has 1 aliphatic carbocycles. The molecule has 0 radical (unpaired) electrons. The third kappa shape index (κ3) is 2.67. The summed E-state index contributed by atoms with van der Waals surface area (Å²) in [6.07, 6.45) is 7.89. The van der Waals surface area contributed by atoms with E-state index in [-0.39, 0.29) is 11.7 Å². The lowest BCUT2D eigenvalue weighted by molar-refractivity contribution is -0.404. The number of ether oxygens (including phenoxy) is 2. The summed E-state index contributed by atoms with van der Waals surface area (Å²) in [7, 11) is 3.14. The van der Waals surface area contributed by atoms with Crippen LogP contribution in [0.5, 0.6) is 11.5 Å². The van der Waals surface area contributed by atoms with Gasteiger partial charge in [-0.25, -0.2) is 4.39 Å². The van der Waals surface area contributed by atoms with Crippen LogP contribution in [0.3, 0.4) is 0 Å². The fourth-order valence-electron chi connectivity index (χ4n) is 3.63. The van der Waals surface area contributed by atoms with Gasteiger partial charge in [0.2, 0.25) is 6.21 Å². The maximum absolute atomic E-state index is 13.2. The number of fused-ring (bicyclic) bond motifs is 2. The molecule has 26 heavy (non-hydrogen) atoms. The molecule has 0 fully saturated rings. The minimum absolute atomic E-state index is 0.0110. The second-order valence-electron chi connectivity index (χ2n) is 6.41. The summed E-state index contributed by atoms with van der Waals surface area (Å²) in [5, 5.41) is 12.7. The summed E-state index contributed by atoms with van der Waals surface area (Å²) >= 11 is 0. The highest BCUT2D eigenvalue weighted by molar-refractivity contribution is 5.81. The summed E-state index contributed by atoms with van der Waals surface area (Å²) in [4.78, 5) is 0. The van der Waals surface area contributed by atoms with Gasteiger partial charge in [-0.2, -0.15) is 4.74 Å². The Morgan fingerprint density at radius 3 is 2.62 bits per heavy atom. The summed E-state index contributed by atoms with van der Waals surface area (Å²) in [5.41, 5.74) is 3.45. The first-order valence-electron chi connectivity index (χ1n) is 8.39. The fourth-order valence-corrected chi connectivity index (χ4v) is 3.63. The molecule has 0 amide bonds. The van der Waals surface area contributed by atoms with Crippen molar-refractivity contribution in [2.75, 3.05) is 14.2 Å². The standard InChI is InChI=1S/C20H19FN2O3/c1-25-19-12-22-10-15-9-14(13-3-6-16(21)7-4-13)5-8-17(15)23(24)11-18(22)20(19)26-2/h3-8,11-12,15H,9-10H2,1-2H3/t15-/m0/s1. The first-order chi connectivity index (χ1) is 12.6. The Morgan fingerprint density at radius 2 is 1.92 bits per heavy atom. The summed E-state index contributed by atoms with van der Waals surface area (Å²) in [5.74, 6) is 0.910. The summed E-state index contributed by atoms with van der Waals surface area (Å²) < 4.78 is 26.9. The van der Waals surface area contributed by atoms with Crippen LogP contribution in [0.25, 0.3) is 5.57 Å². The Morgan fingerprint density at radius 1 is 1.15 bits per heavy atom. The highest BCUT2D eigenvalue weighted by Gasteiger charge is 2.32. The molecule has 0 spiro atoms. The number of rotatable bonds is 3. The molecule has 2 aromatic rings. The second kappa shape index (κ2) is 6.37. The van der Waals surface area contributed by atoms with Crippen molar-refractivity contribution in [2.45, 2.75) is 13.0 Å². The molecular formula is C20H19FN2O3. The van der Waals surface area contributed by atoms with Crippen molar-refractivity contribution in [3.63, 3.8) is 0 Å². The van der Waals surface area contributed by atoms with Crippen molar-refractivity contribution in [1.82, 2.24) is 4.57 Å². The zero-order chi connectivity index (χ0) is 18.3. The van der Waals surface area contributed by atoms with Gasteiger partial charge >= 0.3 is 0 Å². The molecule has 1 atom stereocenters. The van der Waals surface area contributed by atoms with E-state index < -0.39 is 0 Å². The Balaban J connectivity index is 1.73. The van der Waals surface area contributed by atoms with Crippen molar-refractivity contribution in [1.29, 1.82) is 0 Å². The number of hydrogen-bond acceptors (Lipinski definition) is 3. The van der Waals surface area contributed by atoms with Crippen LogP contribution in [0.15, 0.2) is 48.3 Å². The molecule has 2 heterocycles. The molecule has 0 N–H and O–H groups in total. The number of hydroxylamine groups is 1. The monoisotopic (exact) mass is 354 g/mol. The number of aromatic nitrogens is 1. The van der Waals surface area contributed by atoms with E-state index in [1.165, 1.54) is 18.3 Å². The molecule has 2 aliphatic rings. The van der Waals surface area contributed by atoms with Crippen molar-refractivity contribution in [3.05, 3.63) is 70.6 Å². The van der Waals surface area contributed by atoms with Crippen LogP contribution < -0.4 is 9.47 Å². The largest absolute Gasteiger partial charge is 0.618 e.